The van der Waals surface area contributed by atoms with Gasteiger partial charge in [0.15, 0.2) is 5.60 Å². The number of para-hydroxylation sites is 1. The fourth-order valence-corrected chi connectivity index (χ4v) is 4.47. The van der Waals surface area contributed by atoms with Crippen LogP contribution in [0.25, 0.3) is 5.57 Å². The van der Waals surface area contributed by atoms with E-state index in [4.69, 9.17) is 14.2 Å². The molecular formula is C23H22O5. The van der Waals surface area contributed by atoms with Crippen LogP contribution in [0.3, 0.4) is 0 Å². The average molecular weight is 378 g/mol. The molecule has 0 radical (unpaired) electrons. The van der Waals surface area contributed by atoms with Gasteiger partial charge in [-0.2, -0.15) is 0 Å². The van der Waals surface area contributed by atoms with E-state index >= 15 is 0 Å². The molecule has 0 amide bonds. The molecule has 2 aromatic rings. The molecule has 0 N–H and O–H groups in total. The third-order valence-electron chi connectivity index (χ3n) is 5.60. The van der Waals surface area contributed by atoms with Crippen LogP contribution in [0.5, 0.6) is 5.75 Å². The lowest BCUT2D eigenvalue weighted by Gasteiger charge is -2.39. The molecule has 1 unspecified atom stereocenters. The van der Waals surface area contributed by atoms with Gasteiger partial charge in [-0.15, -0.1) is 0 Å². The Bertz CT molecular complexity index is 958. The van der Waals surface area contributed by atoms with E-state index in [2.05, 4.69) is 6.58 Å². The highest BCUT2D eigenvalue weighted by Crippen LogP contribution is 2.63. The van der Waals surface area contributed by atoms with Gasteiger partial charge in [0, 0.05) is 23.1 Å². The second-order valence-electron chi connectivity index (χ2n) is 6.94. The van der Waals surface area contributed by atoms with E-state index in [0.29, 0.717) is 11.3 Å². The quantitative estimate of drug-likeness (QED) is 0.600. The lowest BCUT2D eigenvalue weighted by atomic mass is 9.68. The summed E-state index contributed by atoms with van der Waals surface area (Å²) in [6, 6.07) is 15.0. The number of ether oxygens (including phenoxy) is 3. The topological polar surface area (TPSA) is 61.8 Å². The van der Waals surface area contributed by atoms with E-state index in [1.165, 1.54) is 0 Å². The van der Waals surface area contributed by atoms with Crippen LogP contribution in [-0.2, 0) is 31.1 Å². The Hall–Kier alpha value is -3.08. The number of rotatable bonds is 4. The zero-order valence-corrected chi connectivity index (χ0v) is 16.0. The van der Waals surface area contributed by atoms with E-state index in [1.807, 2.05) is 48.5 Å². The first-order chi connectivity index (χ1) is 13.5. The largest absolute Gasteiger partial charge is 0.475 e. The third-order valence-corrected chi connectivity index (χ3v) is 5.60. The van der Waals surface area contributed by atoms with Crippen LogP contribution in [-0.4, -0.2) is 25.2 Å². The van der Waals surface area contributed by atoms with E-state index in [1.54, 1.807) is 13.8 Å². The Morgan fingerprint density at radius 2 is 1.61 bits per heavy atom. The molecule has 144 valence electrons. The fraction of sp³-hybridized carbons (Fsp3) is 0.304. The van der Waals surface area contributed by atoms with E-state index in [-0.39, 0.29) is 19.6 Å². The van der Waals surface area contributed by atoms with Crippen LogP contribution >= 0.6 is 0 Å². The second kappa shape index (κ2) is 6.51. The van der Waals surface area contributed by atoms with Crippen molar-refractivity contribution in [2.45, 2.75) is 25.9 Å². The van der Waals surface area contributed by atoms with Crippen LogP contribution in [0, 0.1) is 5.41 Å². The zero-order valence-electron chi connectivity index (χ0n) is 16.0. The van der Waals surface area contributed by atoms with Gasteiger partial charge in [-0.1, -0.05) is 49.0 Å². The van der Waals surface area contributed by atoms with Crippen LogP contribution in [0.15, 0.2) is 55.1 Å². The molecule has 1 aliphatic heterocycles. The molecule has 0 aromatic heterocycles. The van der Waals surface area contributed by atoms with E-state index in [9.17, 15) is 9.59 Å². The number of carbonyl (C=O) groups excluding carboxylic acids is 2. The molecule has 0 fully saturated rings. The fourth-order valence-electron chi connectivity index (χ4n) is 4.47. The maximum atomic E-state index is 13.4. The molecule has 0 bridgehead atoms. The van der Waals surface area contributed by atoms with Crippen LogP contribution < -0.4 is 4.74 Å². The molecule has 5 nitrogen and oxygen atoms in total. The Morgan fingerprint density at radius 3 is 2.25 bits per heavy atom. The Morgan fingerprint density at radius 1 is 1.00 bits per heavy atom. The van der Waals surface area contributed by atoms with Gasteiger partial charge >= 0.3 is 11.9 Å². The van der Waals surface area contributed by atoms with E-state index < -0.39 is 23.0 Å². The Labute approximate surface area is 163 Å². The first kappa shape index (κ1) is 18.3. The molecule has 0 saturated heterocycles. The lowest BCUT2D eigenvalue weighted by molar-refractivity contribution is -0.183. The van der Waals surface area contributed by atoms with Gasteiger partial charge in [0.2, 0.25) is 5.41 Å². The average Bonchev–Trinajstić information content (AvgIpc) is 3.17. The summed E-state index contributed by atoms with van der Waals surface area (Å²) >= 11 is 0. The van der Waals surface area contributed by atoms with E-state index in [0.717, 1.165) is 16.7 Å². The van der Waals surface area contributed by atoms with Crippen molar-refractivity contribution in [2.24, 2.45) is 5.41 Å². The molecule has 4 rings (SSSR count). The van der Waals surface area contributed by atoms with Crippen molar-refractivity contribution in [3.63, 3.8) is 0 Å². The van der Waals surface area contributed by atoms with Crippen molar-refractivity contribution in [3.8, 4) is 5.75 Å². The highest BCUT2D eigenvalue weighted by atomic mass is 16.6. The minimum atomic E-state index is -1.70. The summed E-state index contributed by atoms with van der Waals surface area (Å²) < 4.78 is 17.2. The number of fused-ring (bicyclic) bond motifs is 3. The standard InChI is InChI=1S/C23H22O5/c1-4-26-20(24)22(21(25)27-5-2)14-16-10-6-8-12-18(16)23(22)15(3)17-11-7-9-13-19(17)28-23/h6-13H,3-5,14H2,1-2H3. The molecule has 2 aliphatic rings. The molecule has 1 atom stereocenters. The molecule has 1 heterocycles. The van der Waals surface area contributed by atoms with Gasteiger partial charge in [-0.3, -0.25) is 9.59 Å². The SMILES string of the molecule is C=C1c2ccccc2OC12c1ccccc1CC2(C(=O)OCC)C(=O)OCC. The predicted octanol–water partition coefficient (Wildman–Crippen LogP) is 3.66. The summed E-state index contributed by atoms with van der Waals surface area (Å²) in [4.78, 5) is 26.7. The minimum absolute atomic E-state index is 0.133. The molecule has 1 aliphatic carbocycles. The first-order valence-corrected chi connectivity index (χ1v) is 9.43. The molecular weight excluding hydrogens is 356 g/mol. The first-order valence-electron chi connectivity index (χ1n) is 9.43. The van der Waals surface area contributed by atoms with Gasteiger partial charge in [0.25, 0.3) is 0 Å². The van der Waals surface area contributed by atoms with Crippen LogP contribution in [0.2, 0.25) is 0 Å². The number of hydrogen-bond acceptors (Lipinski definition) is 5. The summed E-state index contributed by atoms with van der Waals surface area (Å²) in [5, 5.41) is 0. The maximum absolute atomic E-state index is 13.4. The highest BCUT2D eigenvalue weighted by molar-refractivity contribution is 6.07. The third kappa shape index (κ3) is 2.13. The van der Waals surface area contributed by atoms with Gasteiger partial charge in [-0.25, -0.2) is 0 Å². The molecule has 2 aromatic carbocycles. The van der Waals surface area contributed by atoms with Crippen LogP contribution in [0.1, 0.15) is 30.5 Å². The number of hydrogen-bond donors (Lipinski definition) is 0. The summed E-state index contributed by atoms with van der Waals surface area (Å²) in [7, 11) is 0. The van der Waals surface area contributed by atoms with Crippen molar-refractivity contribution >= 4 is 17.5 Å². The van der Waals surface area contributed by atoms with Gasteiger partial charge in [0.05, 0.1) is 13.2 Å². The summed E-state index contributed by atoms with van der Waals surface area (Å²) in [5.41, 5.74) is -0.161. The molecule has 1 spiro atoms. The Balaban J connectivity index is 2.02. The number of carbonyl (C=O) groups is 2. The maximum Gasteiger partial charge on any atom is 0.328 e. The van der Waals surface area contributed by atoms with Crippen LogP contribution in [0.4, 0.5) is 0 Å². The Kier molecular flexibility index (Phi) is 4.26. The highest BCUT2D eigenvalue weighted by Gasteiger charge is 2.73. The summed E-state index contributed by atoms with van der Waals surface area (Å²) in [5.74, 6) is -0.723. The van der Waals surface area contributed by atoms with Crippen molar-refractivity contribution < 1.29 is 23.8 Å². The second-order valence-corrected chi connectivity index (χ2v) is 6.94. The van der Waals surface area contributed by atoms with Gasteiger partial charge in [-0.05, 0) is 25.5 Å². The van der Waals surface area contributed by atoms with Gasteiger partial charge < -0.3 is 14.2 Å². The normalized spacial score (nSPS) is 21.0. The predicted molar refractivity (Wildman–Crippen MR) is 104 cm³/mol. The van der Waals surface area contributed by atoms with Crippen molar-refractivity contribution in [2.75, 3.05) is 13.2 Å². The molecule has 5 heteroatoms. The van der Waals surface area contributed by atoms with Crippen molar-refractivity contribution in [1.29, 1.82) is 0 Å². The smallest absolute Gasteiger partial charge is 0.328 e. The van der Waals surface area contributed by atoms with Crippen molar-refractivity contribution in [1.82, 2.24) is 0 Å². The minimum Gasteiger partial charge on any atom is -0.475 e. The van der Waals surface area contributed by atoms with Gasteiger partial charge in [0.1, 0.15) is 5.75 Å². The molecule has 28 heavy (non-hydrogen) atoms. The summed E-state index contributed by atoms with van der Waals surface area (Å²) in [6.45, 7) is 7.98. The number of esters is 2. The van der Waals surface area contributed by atoms with Crippen molar-refractivity contribution in [3.05, 3.63) is 71.8 Å². The monoisotopic (exact) mass is 378 g/mol. The number of benzene rings is 2. The lowest BCUT2D eigenvalue weighted by Crippen LogP contribution is -2.57. The molecule has 0 saturated carbocycles. The zero-order chi connectivity index (χ0) is 19.9. The summed E-state index contributed by atoms with van der Waals surface area (Å²) in [6.07, 6.45) is 0.133.